The van der Waals surface area contributed by atoms with Crippen LogP contribution in [-0.2, 0) is 14.4 Å². The van der Waals surface area contributed by atoms with E-state index in [0.29, 0.717) is 17.2 Å². The highest BCUT2D eigenvalue weighted by Crippen LogP contribution is 2.62. The molecule has 0 spiro atoms. The summed E-state index contributed by atoms with van der Waals surface area (Å²) >= 11 is 0. The van der Waals surface area contributed by atoms with E-state index >= 15 is 0 Å². The third-order valence-electron chi connectivity index (χ3n) is 7.39. The minimum atomic E-state index is -0.328. The van der Waals surface area contributed by atoms with Gasteiger partial charge in [0, 0.05) is 23.5 Å². The molecule has 7 heteroatoms. The van der Waals surface area contributed by atoms with Gasteiger partial charge in [0.05, 0.1) is 37.5 Å². The number of ether oxygens (including phenoxy) is 2. The van der Waals surface area contributed by atoms with Gasteiger partial charge in [0.15, 0.2) is 0 Å². The largest absolute Gasteiger partial charge is 0.497 e. The number of rotatable bonds is 4. The van der Waals surface area contributed by atoms with Crippen molar-refractivity contribution in [2.24, 2.45) is 34.7 Å². The highest BCUT2D eigenvalue weighted by Gasteiger charge is 2.70. The van der Waals surface area contributed by atoms with Gasteiger partial charge in [0.25, 0.3) is 0 Å². The summed E-state index contributed by atoms with van der Waals surface area (Å²) in [5.41, 5.74) is 2.29. The molecule has 158 valence electrons. The summed E-state index contributed by atoms with van der Waals surface area (Å²) in [6.07, 6.45) is 0.628. The fourth-order valence-electron chi connectivity index (χ4n) is 6.19. The Balaban J connectivity index is 1.36. The number of carbonyl (C=O) groups is 2. The minimum Gasteiger partial charge on any atom is -0.497 e. The third-order valence-corrected chi connectivity index (χ3v) is 7.39. The van der Waals surface area contributed by atoms with E-state index in [0.717, 1.165) is 17.7 Å². The van der Waals surface area contributed by atoms with Gasteiger partial charge in [0.2, 0.25) is 11.8 Å². The zero-order valence-electron chi connectivity index (χ0n) is 17.2. The molecule has 7 nitrogen and oxygen atoms in total. The number of carbonyl (C=O) groups excluding carboxylic acids is 2. The molecule has 0 radical (unpaired) electrons. The molecule has 2 heterocycles. The summed E-state index contributed by atoms with van der Waals surface area (Å²) in [7, 11) is 3.22. The Hall–Kier alpha value is -3.35. The maximum absolute atomic E-state index is 13.4. The first kappa shape index (κ1) is 18.4. The van der Waals surface area contributed by atoms with E-state index in [9.17, 15) is 9.59 Å². The molecule has 4 aliphatic rings. The Morgan fingerprint density at radius 1 is 0.935 bits per heavy atom. The van der Waals surface area contributed by atoms with Crippen molar-refractivity contribution in [3.63, 3.8) is 0 Å². The standard InChI is InChI=1S/C24H22N2O5/c1-29-13-8-9-14(17(10-13)30-2)21-20-15-11-16(22(20)31-25-21)19-18(15)23(27)26(24(19)28)12-6-4-3-5-7-12/h3-10,15-16,18-20,22H,11H2,1-2H3/t15-,16+,18-,19+,20+,22+/m1/s1. The van der Waals surface area contributed by atoms with Gasteiger partial charge in [0.1, 0.15) is 17.6 Å². The van der Waals surface area contributed by atoms with Crippen LogP contribution in [0.1, 0.15) is 12.0 Å². The number of oxime groups is 1. The highest BCUT2D eigenvalue weighted by atomic mass is 16.6. The van der Waals surface area contributed by atoms with Crippen LogP contribution in [0.2, 0.25) is 0 Å². The maximum Gasteiger partial charge on any atom is 0.238 e. The van der Waals surface area contributed by atoms with Gasteiger partial charge in [-0.25, -0.2) is 0 Å². The predicted octanol–water partition coefficient (Wildman–Crippen LogP) is 2.88. The van der Waals surface area contributed by atoms with E-state index in [1.54, 1.807) is 14.2 Å². The van der Waals surface area contributed by atoms with Crippen LogP contribution in [0.3, 0.4) is 0 Å². The fraction of sp³-hybridized carbons (Fsp3) is 0.375. The molecule has 1 saturated heterocycles. The van der Waals surface area contributed by atoms with Crippen molar-refractivity contribution in [1.82, 2.24) is 0 Å². The molecule has 0 N–H and O–H groups in total. The second kappa shape index (κ2) is 6.57. The van der Waals surface area contributed by atoms with Crippen LogP contribution in [0.5, 0.6) is 11.5 Å². The zero-order valence-corrected chi connectivity index (χ0v) is 17.2. The Morgan fingerprint density at radius 3 is 2.39 bits per heavy atom. The second-order valence-corrected chi connectivity index (χ2v) is 8.60. The van der Waals surface area contributed by atoms with Crippen LogP contribution < -0.4 is 14.4 Å². The van der Waals surface area contributed by atoms with E-state index in [1.807, 2.05) is 48.5 Å². The molecule has 2 aliphatic heterocycles. The molecular weight excluding hydrogens is 396 g/mol. The Morgan fingerprint density at radius 2 is 1.68 bits per heavy atom. The molecular formula is C24H22N2O5. The predicted molar refractivity (Wildman–Crippen MR) is 112 cm³/mol. The van der Waals surface area contributed by atoms with Crippen molar-refractivity contribution in [3.8, 4) is 11.5 Å². The van der Waals surface area contributed by atoms with Crippen molar-refractivity contribution in [3.05, 3.63) is 54.1 Å². The second-order valence-electron chi connectivity index (χ2n) is 8.60. The molecule has 0 aromatic heterocycles. The molecule has 31 heavy (non-hydrogen) atoms. The van der Waals surface area contributed by atoms with Crippen molar-refractivity contribution in [2.75, 3.05) is 19.1 Å². The summed E-state index contributed by atoms with van der Waals surface area (Å²) in [4.78, 5) is 33.9. The molecule has 2 aromatic carbocycles. The Bertz CT molecular complexity index is 1110. The summed E-state index contributed by atoms with van der Waals surface area (Å²) in [6, 6.07) is 14.8. The normalized spacial score (nSPS) is 32.6. The summed E-state index contributed by atoms with van der Waals surface area (Å²) in [5, 5.41) is 4.41. The topological polar surface area (TPSA) is 77.4 Å². The van der Waals surface area contributed by atoms with E-state index in [-0.39, 0.29) is 47.5 Å². The van der Waals surface area contributed by atoms with Gasteiger partial charge in [-0.1, -0.05) is 23.4 Å². The molecule has 2 bridgehead atoms. The molecule has 6 atom stereocenters. The summed E-state index contributed by atoms with van der Waals surface area (Å²) < 4.78 is 10.9. The summed E-state index contributed by atoms with van der Waals surface area (Å²) in [5.74, 6) is 0.490. The molecule has 6 rings (SSSR count). The number of methoxy groups -OCH3 is 2. The van der Waals surface area contributed by atoms with Crippen molar-refractivity contribution in [1.29, 1.82) is 0 Å². The summed E-state index contributed by atoms with van der Waals surface area (Å²) in [6.45, 7) is 0. The molecule has 2 aromatic rings. The van der Waals surface area contributed by atoms with Gasteiger partial charge in [-0.05, 0) is 36.6 Å². The van der Waals surface area contributed by atoms with E-state index < -0.39 is 0 Å². The van der Waals surface area contributed by atoms with Crippen LogP contribution in [-0.4, -0.2) is 37.8 Å². The molecule has 2 amide bonds. The van der Waals surface area contributed by atoms with Crippen LogP contribution in [0.25, 0.3) is 0 Å². The van der Waals surface area contributed by atoms with Crippen molar-refractivity contribution in [2.45, 2.75) is 12.5 Å². The number of fused-ring (bicyclic) bond motifs is 8. The number of amides is 2. The van der Waals surface area contributed by atoms with Gasteiger partial charge >= 0.3 is 0 Å². The fourth-order valence-corrected chi connectivity index (χ4v) is 6.19. The van der Waals surface area contributed by atoms with Gasteiger partial charge < -0.3 is 14.3 Å². The number of anilines is 1. The molecule has 2 saturated carbocycles. The monoisotopic (exact) mass is 418 g/mol. The van der Waals surface area contributed by atoms with Gasteiger partial charge in [-0.2, -0.15) is 0 Å². The maximum atomic E-state index is 13.4. The molecule has 0 unspecified atom stereocenters. The Labute approximate surface area is 179 Å². The number of nitrogens with zero attached hydrogens (tertiary/aromatic N) is 2. The quantitative estimate of drug-likeness (QED) is 0.714. The minimum absolute atomic E-state index is 0.00402. The Kier molecular flexibility index (Phi) is 3.91. The first-order chi connectivity index (χ1) is 15.1. The zero-order chi connectivity index (χ0) is 21.3. The lowest BCUT2D eigenvalue weighted by Crippen LogP contribution is -2.41. The van der Waals surface area contributed by atoms with Crippen LogP contribution in [0, 0.1) is 29.6 Å². The lowest BCUT2D eigenvalue weighted by Gasteiger charge is -2.30. The molecule has 3 fully saturated rings. The number of benzene rings is 2. The first-order valence-corrected chi connectivity index (χ1v) is 10.5. The van der Waals surface area contributed by atoms with Crippen LogP contribution in [0.15, 0.2) is 53.7 Å². The van der Waals surface area contributed by atoms with E-state index in [2.05, 4.69) is 5.16 Å². The number of para-hydroxylation sites is 1. The smallest absolute Gasteiger partial charge is 0.238 e. The average molecular weight is 418 g/mol. The van der Waals surface area contributed by atoms with Crippen LogP contribution >= 0.6 is 0 Å². The van der Waals surface area contributed by atoms with Gasteiger partial charge in [-0.15, -0.1) is 0 Å². The van der Waals surface area contributed by atoms with Crippen molar-refractivity contribution < 1.29 is 23.9 Å². The third kappa shape index (κ3) is 2.37. The average Bonchev–Trinajstić information content (AvgIpc) is 3.54. The highest BCUT2D eigenvalue weighted by molar-refractivity contribution is 6.23. The number of hydrogen-bond acceptors (Lipinski definition) is 6. The van der Waals surface area contributed by atoms with Crippen LogP contribution in [0.4, 0.5) is 5.69 Å². The van der Waals surface area contributed by atoms with E-state index in [4.69, 9.17) is 14.3 Å². The molecule has 2 aliphatic carbocycles. The lowest BCUT2D eigenvalue weighted by molar-refractivity contribution is -0.125. The first-order valence-electron chi connectivity index (χ1n) is 10.5. The van der Waals surface area contributed by atoms with Crippen molar-refractivity contribution >= 4 is 23.2 Å². The number of imide groups is 1. The SMILES string of the molecule is COc1ccc(C2=NO[C@H]3[C@H]4C[C@@H]([C@@H]23)[C@H]2C(=O)N(c3ccccc3)C(=O)[C@@H]42)c(OC)c1. The van der Waals surface area contributed by atoms with Gasteiger partial charge in [-0.3, -0.25) is 14.5 Å². The van der Waals surface area contributed by atoms with E-state index in [1.165, 1.54) is 4.90 Å². The lowest BCUT2D eigenvalue weighted by atomic mass is 9.71. The number of hydrogen-bond donors (Lipinski definition) is 0.